The Labute approximate surface area is 207 Å². The van der Waals surface area contributed by atoms with Crippen molar-refractivity contribution < 1.29 is 9.47 Å². The maximum absolute atomic E-state index is 5.36. The number of ether oxygens (including phenoxy) is 2. The first kappa shape index (κ1) is 27.3. The van der Waals surface area contributed by atoms with Gasteiger partial charge in [-0.2, -0.15) is 0 Å². The number of aromatic nitrogens is 3. The standard InChI is InChI=1S/C21H34N6O2S.HI/c1-15(2)14-27-19(25-26-21(27)30-6)8-7-11-23-20(22-3)24-13-16-9-10-17(28-4)18(12-16)29-5;/h9-10,12,15H,7-8,11,13-14H2,1-6H3,(H2,22,23,24);1H. The molecule has 0 amide bonds. The molecule has 2 aromatic rings. The van der Waals surface area contributed by atoms with E-state index in [0.717, 1.165) is 59.9 Å². The minimum Gasteiger partial charge on any atom is -0.493 e. The molecule has 2 N–H and O–H groups in total. The second kappa shape index (κ2) is 14.4. The highest BCUT2D eigenvalue weighted by atomic mass is 127. The summed E-state index contributed by atoms with van der Waals surface area (Å²) >= 11 is 1.64. The normalized spacial score (nSPS) is 11.3. The Bertz CT molecular complexity index is 828. The average Bonchev–Trinajstić information content (AvgIpc) is 3.13. The van der Waals surface area contributed by atoms with E-state index < -0.39 is 0 Å². The third kappa shape index (κ3) is 8.40. The second-order valence-electron chi connectivity index (χ2n) is 7.25. The van der Waals surface area contributed by atoms with E-state index in [1.165, 1.54) is 0 Å². The summed E-state index contributed by atoms with van der Waals surface area (Å²) in [5.41, 5.74) is 1.09. The minimum absolute atomic E-state index is 0. The number of guanidine groups is 1. The highest BCUT2D eigenvalue weighted by Gasteiger charge is 2.12. The number of halogens is 1. The molecule has 0 aliphatic rings. The number of aryl methyl sites for hydroxylation is 1. The lowest BCUT2D eigenvalue weighted by Crippen LogP contribution is -2.37. The van der Waals surface area contributed by atoms with Crippen LogP contribution in [0.5, 0.6) is 11.5 Å². The molecular formula is C21H35IN6O2S. The molecule has 0 atom stereocenters. The molecule has 0 fully saturated rings. The molecule has 0 radical (unpaired) electrons. The Kier molecular flexibility index (Phi) is 12.7. The lowest BCUT2D eigenvalue weighted by molar-refractivity contribution is 0.354. The van der Waals surface area contributed by atoms with Gasteiger partial charge in [-0.1, -0.05) is 31.7 Å². The molecule has 10 heteroatoms. The van der Waals surface area contributed by atoms with Crippen LogP contribution in [0.4, 0.5) is 0 Å². The van der Waals surface area contributed by atoms with Crippen LogP contribution in [0.3, 0.4) is 0 Å². The summed E-state index contributed by atoms with van der Waals surface area (Å²) in [6.07, 6.45) is 3.86. The van der Waals surface area contributed by atoms with Crippen LogP contribution >= 0.6 is 35.7 Å². The lowest BCUT2D eigenvalue weighted by Gasteiger charge is -2.14. The van der Waals surface area contributed by atoms with Crippen LogP contribution < -0.4 is 20.1 Å². The summed E-state index contributed by atoms with van der Waals surface area (Å²) < 4.78 is 12.9. The minimum atomic E-state index is 0. The molecule has 1 aromatic heterocycles. The van der Waals surface area contributed by atoms with Crippen LogP contribution in [0.25, 0.3) is 0 Å². The van der Waals surface area contributed by atoms with Gasteiger partial charge in [-0.25, -0.2) is 0 Å². The smallest absolute Gasteiger partial charge is 0.191 e. The molecular weight excluding hydrogens is 527 g/mol. The van der Waals surface area contributed by atoms with E-state index in [9.17, 15) is 0 Å². The maximum atomic E-state index is 5.36. The Morgan fingerprint density at radius 3 is 2.52 bits per heavy atom. The molecule has 0 unspecified atom stereocenters. The van der Waals surface area contributed by atoms with Crippen molar-refractivity contribution in [2.24, 2.45) is 10.9 Å². The van der Waals surface area contributed by atoms with Gasteiger partial charge in [-0.05, 0) is 36.3 Å². The number of hydrogen-bond acceptors (Lipinski definition) is 6. The predicted molar refractivity (Wildman–Crippen MR) is 138 cm³/mol. The third-order valence-electron chi connectivity index (χ3n) is 4.52. The Morgan fingerprint density at radius 2 is 1.90 bits per heavy atom. The first-order valence-electron chi connectivity index (χ1n) is 10.1. The fourth-order valence-corrected chi connectivity index (χ4v) is 3.58. The van der Waals surface area contributed by atoms with Gasteiger partial charge in [0.05, 0.1) is 14.2 Å². The van der Waals surface area contributed by atoms with Crippen LogP contribution in [0.2, 0.25) is 0 Å². The van der Waals surface area contributed by atoms with E-state index in [1.807, 2.05) is 24.5 Å². The molecule has 1 aromatic carbocycles. The number of methoxy groups -OCH3 is 2. The molecule has 0 saturated carbocycles. The van der Waals surface area contributed by atoms with Gasteiger partial charge in [-0.15, -0.1) is 34.2 Å². The van der Waals surface area contributed by atoms with Gasteiger partial charge in [0, 0.05) is 33.1 Å². The Morgan fingerprint density at radius 1 is 1.16 bits per heavy atom. The van der Waals surface area contributed by atoms with Crippen molar-refractivity contribution in [3.63, 3.8) is 0 Å². The number of hydrogen-bond donors (Lipinski definition) is 2. The number of thioether (sulfide) groups is 1. The topological polar surface area (TPSA) is 85.6 Å². The quantitative estimate of drug-likeness (QED) is 0.142. The highest BCUT2D eigenvalue weighted by molar-refractivity contribution is 14.0. The fourth-order valence-electron chi connectivity index (χ4n) is 3.05. The third-order valence-corrected chi connectivity index (χ3v) is 5.19. The van der Waals surface area contributed by atoms with E-state index in [1.54, 1.807) is 33.0 Å². The van der Waals surface area contributed by atoms with Gasteiger partial charge in [0.15, 0.2) is 22.6 Å². The van der Waals surface area contributed by atoms with Gasteiger partial charge in [0.25, 0.3) is 0 Å². The Hall–Kier alpha value is -1.69. The van der Waals surface area contributed by atoms with E-state index in [2.05, 4.69) is 44.2 Å². The summed E-state index contributed by atoms with van der Waals surface area (Å²) in [6.45, 7) is 6.81. The highest BCUT2D eigenvalue weighted by Crippen LogP contribution is 2.27. The van der Waals surface area contributed by atoms with Crippen molar-refractivity contribution >= 4 is 41.7 Å². The van der Waals surface area contributed by atoms with E-state index in [4.69, 9.17) is 9.47 Å². The van der Waals surface area contributed by atoms with Crippen LogP contribution in [-0.4, -0.2) is 54.8 Å². The molecule has 8 nitrogen and oxygen atoms in total. The summed E-state index contributed by atoms with van der Waals surface area (Å²) in [5, 5.41) is 16.4. The number of benzene rings is 1. The zero-order valence-corrected chi connectivity index (χ0v) is 22.4. The van der Waals surface area contributed by atoms with Crippen molar-refractivity contribution in [1.82, 2.24) is 25.4 Å². The molecule has 0 aliphatic carbocycles. The molecule has 2 rings (SSSR count). The van der Waals surface area contributed by atoms with E-state index >= 15 is 0 Å². The molecule has 174 valence electrons. The van der Waals surface area contributed by atoms with E-state index in [-0.39, 0.29) is 24.0 Å². The molecule has 31 heavy (non-hydrogen) atoms. The maximum Gasteiger partial charge on any atom is 0.191 e. The molecule has 0 aliphatic heterocycles. The lowest BCUT2D eigenvalue weighted by atomic mass is 10.2. The molecule has 0 saturated heterocycles. The van der Waals surface area contributed by atoms with Crippen LogP contribution in [-0.2, 0) is 19.5 Å². The van der Waals surface area contributed by atoms with Crippen LogP contribution in [0.15, 0.2) is 28.3 Å². The van der Waals surface area contributed by atoms with Crippen LogP contribution in [0.1, 0.15) is 31.7 Å². The fraction of sp³-hybridized carbons (Fsp3) is 0.571. The van der Waals surface area contributed by atoms with Crippen molar-refractivity contribution in [2.75, 3.05) is 34.1 Å². The van der Waals surface area contributed by atoms with Crippen molar-refractivity contribution in [3.05, 3.63) is 29.6 Å². The van der Waals surface area contributed by atoms with Crippen molar-refractivity contribution in [3.8, 4) is 11.5 Å². The SMILES string of the molecule is CN=C(NCCCc1nnc(SC)n1CC(C)C)NCc1ccc(OC)c(OC)c1.I. The predicted octanol–water partition coefficient (Wildman–Crippen LogP) is 3.59. The summed E-state index contributed by atoms with van der Waals surface area (Å²) in [4.78, 5) is 4.30. The van der Waals surface area contributed by atoms with Gasteiger partial charge < -0.3 is 24.7 Å². The van der Waals surface area contributed by atoms with Crippen LogP contribution in [0, 0.1) is 5.92 Å². The largest absolute Gasteiger partial charge is 0.493 e. The first-order valence-corrected chi connectivity index (χ1v) is 11.4. The van der Waals surface area contributed by atoms with Gasteiger partial charge in [0.2, 0.25) is 0 Å². The monoisotopic (exact) mass is 562 g/mol. The van der Waals surface area contributed by atoms with Crippen molar-refractivity contribution in [1.29, 1.82) is 0 Å². The first-order chi connectivity index (χ1) is 14.5. The molecule has 0 spiro atoms. The number of aliphatic imine (C=N–C) groups is 1. The van der Waals surface area contributed by atoms with Gasteiger partial charge in [-0.3, -0.25) is 4.99 Å². The van der Waals surface area contributed by atoms with E-state index in [0.29, 0.717) is 12.5 Å². The van der Waals surface area contributed by atoms with Gasteiger partial charge in [0.1, 0.15) is 5.82 Å². The average molecular weight is 563 g/mol. The Balaban J connectivity index is 0.00000480. The second-order valence-corrected chi connectivity index (χ2v) is 8.03. The number of nitrogens with one attached hydrogen (secondary N) is 2. The van der Waals surface area contributed by atoms with Crippen molar-refractivity contribution in [2.45, 2.75) is 44.9 Å². The zero-order valence-electron chi connectivity index (χ0n) is 19.3. The number of nitrogens with zero attached hydrogens (tertiary/aromatic N) is 4. The number of rotatable bonds is 11. The molecule has 0 bridgehead atoms. The summed E-state index contributed by atoms with van der Waals surface area (Å²) in [6, 6.07) is 5.87. The zero-order chi connectivity index (χ0) is 21.9. The van der Waals surface area contributed by atoms with Gasteiger partial charge >= 0.3 is 0 Å². The summed E-state index contributed by atoms with van der Waals surface area (Å²) in [5.74, 6) is 3.80. The molecule has 1 heterocycles. The summed E-state index contributed by atoms with van der Waals surface area (Å²) in [7, 11) is 5.04.